The van der Waals surface area contributed by atoms with Crippen LogP contribution in [0.4, 0.5) is 11.4 Å². The molecule has 1 N–H and O–H groups in total. The van der Waals surface area contributed by atoms with Crippen LogP contribution >= 0.6 is 11.6 Å². The molecule has 190 valence electrons. The molecule has 0 bridgehead atoms. The number of halogens is 1. The number of esters is 2. The summed E-state index contributed by atoms with van der Waals surface area (Å²) < 4.78 is 37.9. The SMILES string of the molecule is COC(=O)c1ccc(C(=O)OC)c(NC(=O)C2=C(c3ccccc3)c3cc(Cl)ccc3N(C)S2(=O)=O)c1. The summed E-state index contributed by atoms with van der Waals surface area (Å²) in [5.74, 6) is -2.54. The van der Waals surface area contributed by atoms with Gasteiger partial charge in [0.15, 0.2) is 4.91 Å². The Labute approximate surface area is 218 Å². The van der Waals surface area contributed by atoms with Crippen LogP contribution in [0, 0.1) is 0 Å². The number of fused-ring (bicyclic) bond motifs is 1. The number of rotatable bonds is 5. The highest BCUT2D eigenvalue weighted by atomic mass is 35.5. The summed E-state index contributed by atoms with van der Waals surface area (Å²) in [4.78, 5) is 37.6. The lowest BCUT2D eigenvalue weighted by molar-refractivity contribution is -0.112. The van der Waals surface area contributed by atoms with Gasteiger partial charge in [0, 0.05) is 23.2 Å². The normalized spacial score (nSPS) is 14.0. The minimum atomic E-state index is -4.36. The van der Waals surface area contributed by atoms with E-state index in [1.165, 1.54) is 32.4 Å². The summed E-state index contributed by atoms with van der Waals surface area (Å²) >= 11 is 6.25. The minimum absolute atomic E-state index is 0.0310. The predicted octanol–water partition coefficient (Wildman–Crippen LogP) is 4.09. The summed E-state index contributed by atoms with van der Waals surface area (Å²) in [7, 11) is -0.705. The summed E-state index contributed by atoms with van der Waals surface area (Å²) in [6, 6.07) is 17.0. The van der Waals surface area contributed by atoms with Gasteiger partial charge in [-0.1, -0.05) is 41.9 Å². The van der Waals surface area contributed by atoms with Crippen LogP contribution in [0.25, 0.3) is 5.57 Å². The molecule has 4 rings (SSSR count). The van der Waals surface area contributed by atoms with Gasteiger partial charge in [0.05, 0.1) is 36.7 Å². The molecule has 3 aromatic rings. The van der Waals surface area contributed by atoms with Crippen LogP contribution < -0.4 is 9.62 Å². The molecule has 9 nitrogen and oxygen atoms in total. The van der Waals surface area contributed by atoms with Crippen molar-refractivity contribution in [2.75, 3.05) is 30.9 Å². The van der Waals surface area contributed by atoms with Crippen molar-refractivity contribution in [3.8, 4) is 0 Å². The number of nitrogens with one attached hydrogen (secondary N) is 1. The molecule has 1 heterocycles. The number of benzene rings is 3. The lowest BCUT2D eigenvalue weighted by atomic mass is 9.95. The van der Waals surface area contributed by atoms with Gasteiger partial charge in [0.2, 0.25) is 0 Å². The number of carbonyl (C=O) groups excluding carboxylic acids is 3. The Morgan fingerprint density at radius 3 is 2.22 bits per heavy atom. The Morgan fingerprint density at radius 1 is 0.892 bits per heavy atom. The fraction of sp³-hybridized carbons (Fsp3) is 0.115. The highest BCUT2D eigenvalue weighted by molar-refractivity contribution is 7.97. The molecular weight excluding hydrogens is 520 g/mol. The van der Waals surface area contributed by atoms with Crippen LogP contribution in [0.5, 0.6) is 0 Å². The van der Waals surface area contributed by atoms with E-state index in [1.54, 1.807) is 48.5 Å². The fourth-order valence-corrected chi connectivity index (χ4v) is 5.62. The Balaban J connectivity index is 1.97. The maximum Gasteiger partial charge on any atom is 0.339 e. The summed E-state index contributed by atoms with van der Waals surface area (Å²) in [6.07, 6.45) is 0. The number of amides is 1. The van der Waals surface area contributed by atoms with Gasteiger partial charge in [-0.25, -0.2) is 18.0 Å². The first-order valence-electron chi connectivity index (χ1n) is 10.8. The van der Waals surface area contributed by atoms with Gasteiger partial charge in [-0.3, -0.25) is 9.10 Å². The summed E-state index contributed by atoms with van der Waals surface area (Å²) in [5.41, 5.74) is 1.18. The molecule has 1 aliphatic heterocycles. The molecule has 0 saturated heterocycles. The second-order valence-corrected chi connectivity index (χ2v) is 10.2. The van der Waals surface area contributed by atoms with Crippen molar-refractivity contribution in [1.82, 2.24) is 0 Å². The van der Waals surface area contributed by atoms with E-state index in [1.807, 2.05) is 0 Å². The van der Waals surface area contributed by atoms with Crippen molar-refractivity contribution in [1.29, 1.82) is 0 Å². The number of hydrogen-bond donors (Lipinski definition) is 1. The average Bonchev–Trinajstić information content (AvgIpc) is 2.89. The Bertz CT molecular complexity index is 1570. The molecular formula is C26H21ClN2O7S. The highest BCUT2D eigenvalue weighted by Gasteiger charge is 2.40. The van der Waals surface area contributed by atoms with E-state index in [0.717, 1.165) is 11.4 Å². The largest absolute Gasteiger partial charge is 0.465 e. The van der Waals surface area contributed by atoms with Crippen LogP contribution in [0.2, 0.25) is 5.02 Å². The number of hydrogen-bond acceptors (Lipinski definition) is 7. The molecule has 37 heavy (non-hydrogen) atoms. The number of anilines is 2. The first kappa shape index (κ1) is 25.9. The predicted molar refractivity (Wildman–Crippen MR) is 139 cm³/mol. The lowest BCUT2D eigenvalue weighted by Crippen LogP contribution is -2.37. The van der Waals surface area contributed by atoms with Crippen LogP contribution in [-0.4, -0.2) is 47.5 Å². The number of methoxy groups -OCH3 is 2. The lowest BCUT2D eigenvalue weighted by Gasteiger charge is -2.31. The summed E-state index contributed by atoms with van der Waals surface area (Å²) in [6.45, 7) is 0. The molecule has 11 heteroatoms. The molecule has 0 spiro atoms. The van der Waals surface area contributed by atoms with Gasteiger partial charge < -0.3 is 14.8 Å². The molecule has 0 saturated carbocycles. The van der Waals surface area contributed by atoms with E-state index in [9.17, 15) is 22.8 Å². The van der Waals surface area contributed by atoms with Crippen molar-refractivity contribution in [2.45, 2.75) is 0 Å². The highest BCUT2D eigenvalue weighted by Crippen LogP contribution is 2.43. The van der Waals surface area contributed by atoms with Crippen molar-refractivity contribution in [3.63, 3.8) is 0 Å². The number of nitrogens with zero attached hydrogens (tertiary/aromatic N) is 1. The number of ether oxygens (including phenoxy) is 2. The van der Waals surface area contributed by atoms with E-state index >= 15 is 0 Å². The topological polar surface area (TPSA) is 119 Å². The third-order valence-corrected chi connectivity index (χ3v) is 7.83. The quantitative estimate of drug-likeness (QED) is 0.484. The van der Waals surface area contributed by atoms with Crippen LogP contribution in [0.1, 0.15) is 31.8 Å². The number of sulfonamides is 1. The molecule has 0 radical (unpaired) electrons. The van der Waals surface area contributed by atoms with Gasteiger partial charge in [-0.05, 0) is 42.0 Å². The van der Waals surface area contributed by atoms with Gasteiger partial charge in [-0.15, -0.1) is 0 Å². The molecule has 0 aliphatic carbocycles. The Kier molecular flexibility index (Phi) is 7.06. The monoisotopic (exact) mass is 540 g/mol. The van der Waals surface area contributed by atoms with Gasteiger partial charge >= 0.3 is 11.9 Å². The van der Waals surface area contributed by atoms with Gasteiger partial charge in [0.1, 0.15) is 0 Å². The Hall–Kier alpha value is -4.15. The van der Waals surface area contributed by atoms with E-state index in [0.29, 0.717) is 21.8 Å². The van der Waals surface area contributed by atoms with E-state index in [-0.39, 0.29) is 22.4 Å². The second kappa shape index (κ2) is 10.1. The van der Waals surface area contributed by atoms with Crippen LogP contribution in [0.15, 0.2) is 71.6 Å². The maximum absolute atomic E-state index is 13.7. The second-order valence-electron chi connectivity index (χ2n) is 7.90. The van der Waals surface area contributed by atoms with Crippen LogP contribution in [-0.2, 0) is 24.3 Å². The minimum Gasteiger partial charge on any atom is -0.465 e. The third-order valence-electron chi connectivity index (χ3n) is 5.78. The zero-order valence-electron chi connectivity index (χ0n) is 19.9. The zero-order chi connectivity index (χ0) is 26.9. The van der Waals surface area contributed by atoms with Gasteiger partial charge in [-0.2, -0.15) is 0 Å². The van der Waals surface area contributed by atoms with Crippen LogP contribution in [0.3, 0.4) is 0 Å². The smallest absolute Gasteiger partial charge is 0.339 e. The van der Waals surface area contributed by atoms with E-state index in [2.05, 4.69) is 5.32 Å². The molecule has 1 aliphatic rings. The molecule has 0 aromatic heterocycles. The van der Waals surface area contributed by atoms with Crippen molar-refractivity contribution in [2.24, 2.45) is 0 Å². The summed E-state index contributed by atoms with van der Waals surface area (Å²) in [5, 5.41) is 2.84. The first-order valence-corrected chi connectivity index (χ1v) is 12.6. The van der Waals surface area contributed by atoms with E-state index < -0.39 is 32.8 Å². The van der Waals surface area contributed by atoms with Crippen molar-refractivity contribution < 1.29 is 32.3 Å². The van der Waals surface area contributed by atoms with Crippen molar-refractivity contribution in [3.05, 3.63) is 98.9 Å². The maximum atomic E-state index is 13.7. The third kappa shape index (κ3) is 4.68. The molecule has 0 unspecified atom stereocenters. The zero-order valence-corrected chi connectivity index (χ0v) is 21.5. The molecule has 0 atom stereocenters. The molecule has 1 amide bonds. The molecule has 3 aromatic carbocycles. The van der Waals surface area contributed by atoms with Gasteiger partial charge in [0.25, 0.3) is 15.9 Å². The average molecular weight is 541 g/mol. The van der Waals surface area contributed by atoms with E-state index in [4.69, 9.17) is 21.1 Å². The molecule has 0 fully saturated rings. The fourth-order valence-electron chi connectivity index (χ4n) is 3.98. The number of carbonyl (C=O) groups is 3. The Morgan fingerprint density at radius 2 is 1.57 bits per heavy atom. The standard InChI is InChI=1S/C26H21ClN2O7S/c1-29-21-12-10-17(27)14-19(21)22(15-7-5-4-6-8-15)23(37(29,33)34)24(30)28-20-13-16(25(31)35-2)9-11-18(20)26(32)36-3/h4-14H,1-3H3,(H,28,30). The first-order chi connectivity index (χ1) is 17.6. The van der Waals surface area contributed by atoms with Crippen molar-refractivity contribution >= 4 is 56.4 Å².